The van der Waals surface area contributed by atoms with E-state index in [1.54, 1.807) is 12.1 Å². The van der Waals surface area contributed by atoms with Gasteiger partial charge < -0.3 is 5.73 Å². The smallest absolute Gasteiger partial charge is 0.231 e. The van der Waals surface area contributed by atoms with E-state index in [-0.39, 0.29) is 11.7 Å². The molecule has 0 aliphatic carbocycles. The zero-order valence-electron chi connectivity index (χ0n) is 12.9. The van der Waals surface area contributed by atoms with Crippen LogP contribution in [0.3, 0.4) is 0 Å². The van der Waals surface area contributed by atoms with Crippen LogP contribution in [0.25, 0.3) is 11.3 Å². The highest BCUT2D eigenvalue weighted by Crippen LogP contribution is 2.27. The van der Waals surface area contributed by atoms with Gasteiger partial charge >= 0.3 is 0 Å². The highest BCUT2D eigenvalue weighted by molar-refractivity contribution is 5.75. The van der Waals surface area contributed by atoms with Gasteiger partial charge in [-0.2, -0.15) is 0 Å². The van der Waals surface area contributed by atoms with Gasteiger partial charge in [-0.15, -0.1) is 0 Å². The van der Waals surface area contributed by atoms with Crippen molar-refractivity contribution in [3.8, 4) is 11.3 Å². The van der Waals surface area contributed by atoms with Crippen molar-refractivity contribution in [1.82, 2.24) is 9.88 Å². The van der Waals surface area contributed by atoms with Crippen molar-refractivity contribution in [3.63, 3.8) is 0 Å². The van der Waals surface area contributed by atoms with Crippen LogP contribution in [0.15, 0.2) is 42.5 Å². The third kappa shape index (κ3) is 3.93. The van der Waals surface area contributed by atoms with Crippen molar-refractivity contribution >= 4 is 5.91 Å². The minimum atomic E-state index is -0.293. The summed E-state index contributed by atoms with van der Waals surface area (Å²) in [5.74, 6) is -0.249. The number of rotatable bonds is 4. The number of carbonyl (C=O) groups is 1. The van der Waals surface area contributed by atoms with Crippen LogP contribution in [0.5, 0.6) is 0 Å². The molecule has 2 aromatic rings. The van der Waals surface area contributed by atoms with Crippen molar-refractivity contribution in [2.45, 2.75) is 18.8 Å². The van der Waals surface area contributed by atoms with Crippen LogP contribution >= 0.6 is 0 Å². The minimum absolute atomic E-state index is 0.251. The maximum absolute atomic E-state index is 13.1. The standard InChI is InChI=1S/C18H20FN3O/c19-15-8-6-13(7-9-15)16-4-1-5-17(21-16)14-3-2-10-22(11-14)12-18(20)23/h1,4-9,14H,2-3,10-12H2,(H2,20,23). The Morgan fingerprint density at radius 3 is 2.78 bits per heavy atom. The number of benzene rings is 1. The van der Waals surface area contributed by atoms with Crippen LogP contribution in [-0.2, 0) is 4.79 Å². The number of pyridine rings is 1. The van der Waals surface area contributed by atoms with Gasteiger partial charge in [0.15, 0.2) is 0 Å². The van der Waals surface area contributed by atoms with Crippen molar-refractivity contribution in [2.75, 3.05) is 19.6 Å². The number of likely N-dealkylation sites (tertiary alicyclic amines) is 1. The molecule has 0 radical (unpaired) electrons. The zero-order valence-corrected chi connectivity index (χ0v) is 12.9. The number of piperidine rings is 1. The first-order valence-electron chi connectivity index (χ1n) is 7.85. The third-order valence-corrected chi connectivity index (χ3v) is 4.21. The zero-order chi connectivity index (χ0) is 16.2. The second-order valence-electron chi connectivity index (χ2n) is 6.00. The van der Waals surface area contributed by atoms with E-state index >= 15 is 0 Å². The summed E-state index contributed by atoms with van der Waals surface area (Å²) in [6.45, 7) is 1.99. The fourth-order valence-corrected chi connectivity index (χ4v) is 3.12. The molecule has 1 saturated heterocycles. The molecule has 23 heavy (non-hydrogen) atoms. The third-order valence-electron chi connectivity index (χ3n) is 4.21. The van der Waals surface area contributed by atoms with Crippen LogP contribution in [0.1, 0.15) is 24.5 Å². The Bertz CT molecular complexity index is 687. The lowest BCUT2D eigenvalue weighted by Gasteiger charge is -2.31. The molecule has 1 amide bonds. The molecule has 0 spiro atoms. The van der Waals surface area contributed by atoms with E-state index in [2.05, 4.69) is 4.90 Å². The van der Waals surface area contributed by atoms with E-state index in [1.165, 1.54) is 12.1 Å². The van der Waals surface area contributed by atoms with Gasteiger partial charge in [0, 0.05) is 23.7 Å². The minimum Gasteiger partial charge on any atom is -0.369 e. The molecule has 2 N–H and O–H groups in total. The summed E-state index contributed by atoms with van der Waals surface area (Å²) in [5, 5.41) is 0. The van der Waals surface area contributed by atoms with Gasteiger partial charge in [-0.25, -0.2) is 4.39 Å². The molecule has 4 nitrogen and oxygen atoms in total. The largest absolute Gasteiger partial charge is 0.369 e. The number of hydrogen-bond acceptors (Lipinski definition) is 3. The van der Waals surface area contributed by atoms with Crippen molar-refractivity contribution in [2.24, 2.45) is 5.73 Å². The summed E-state index contributed by atoms with van der Waals surface area (Å²) < 4.78 is 13.1. The van der Waals surface area contributed by atoms with Gasteiger partial charge in [0.25, 0.3) is 0 Å². The van der Waals surface area contributed by atoms with Crippen molar-refractivity contribution in [1.29, 1.82) is 0 Å². The monoisotopic (exact) mass is 313 g/mol. The van der Waals surface area contributed by atoms with E-state index in [9.17, 15) is 9.18 Å². The predicted octanol–water partition coefficient (Wildman–Crippen LogP) is 2.55. The molecule has 1 aromatic heterocycles. The predicted molar refractivity (Wildman–Crippen MR) is 87.2 cm³/mol. The average Bonchev–Trinajstić information content (AvgIpc) is 2.55. The lowest BCUT2D eigenvalue weighted by Crippen LogP contribution is -2.40. The fourth-order valence-electron chi connectivity index (χ4n) is 3.12. The summed E-state index contributed by atoms with van der Waals surface area (Å²) in [6, 6.07) is 12.3. The molecule has 1 unspecified atom stereocenters. The highest BCUT2D eigenvalue weighted by Gasteiger charge is 2.23. The Morgan fingerprint density at radius 2 is 2.04 bits per heavy atom. The highest BCUT2D eigenvalue weighted by atomic mass is 19.1. The fraction of sp³-hybridized carbons (Fsp3) is 0.333. The van der Waals surface area contributed by atoms with Crippen LogP contribution < -0.4 is 5.73 Å². The number of amides is 1. The number of aromatic nitrogens is 1. The molecule has 5 heteroatoms. The van der Waals surface area contributed by atoms with Crippen LogP contribution in [0.4, 0.5) is 4.39 Å². The van der Waals surface area contributed by atoms with Crippen LogP contribution in [-0.4, -0.2) is 35.4 Å². The molecular weight excluding hydrogens is 293 g/mol. The van der Waals surface area contributed by atoms with Crippen LogP contribution in [0, 0.1) is 5.82 Å². The molecular formula is C18H20FN3O. The van der Waals surface area contributed by atoms with Gasteiger partial charge in [0.1, 0.15) is 5.82 Å². The molecule has 1 aliphatic rings. The Morgan fingerprint density at radius 1 is 1.26 bits per heavy atom. The van der Waals surface area contributed by atoms with Gasteiger partial charge in [0.05, 0.1) is 12.2 Å². The number of nitrogens with zero attached hydrogens (tertiary/aromatic N) is 2. The van der Waals surface area contributed by atoms with Gasteiger partial charge in [0.2, 0.25) is 5.91 Å². The summed E-state index contributed by atoms with van der Waals surface area (Å²) in [6.07, 6.45) is 2.08. The summed E-state index contributed by atoms with van der Waals surface area (Å²) in [7, 11) is 0. The van der Waals surface area contributed by atoms with E-state index in [0.29, 0.717) is 12.5 Å². The molecule has 2 heterocycles. The number of nitrogens with two attached hydrogens (primary N) is 1. The first-order valence-corrected chi connectivity index (χ1v) is 7.85. The van der Waals surface area contributed by atoms with Gasteiger partial charge in [-0.05, 0) is 55.8 Å². The SMILES string of the molecule is NC(=O)CN1CCCC(c2cccc(-c3ccc(F)cc3)n2)C1. The number of halogens is 1. The Kier molecular flexibility index (Phi) is 4.67. The van der Waals surface area contributed by atoms with E-state index in [1.807, 2.05) is 18.2 Å². The normalized spacial score (nSPS) is 18.7. The van der Waals surface area contributed by atoms with E-state index in [4.69, 9.17) is 10.7 Å². The molecule has 1 aliphatic heterocycles. The molecule has 120 valence electrons. The Hall–Kier alpha value is -2.27. The molecule has 1 atom stereocenters. The second-order valence-corrected chi connectivity index (χ2v) is 6.00. The first-order chi connectivity index (χ1) is 11.1. The number of carbonyl (C=O) groups excluding carboxylic acids is 1. The average molecular weight is 313 g/mol. The van der Waals surface area contributed by atoms with Gasteiger partial charge in [-0.1, -0.05) is 6.07 Å². The maximum atomic E-state index is 13.1. The van der Waals surface area contributed by atoms with Crippen molar-refractivity contribution in [3.05, 3.63) is 54.0 Å². The molecule has 3 rings (SSSR count). The van der Waals surface area contributed by atoms with Gasteiger partial charge in [-0.3, -0.25) is 14.7 Å². The summed E-state index contributed by atoms with van der Waals surface area (Å²) >= 11 is 0. The Labute approximate surface area is 135 Å². The molecule has 1 fully saturated rings. The topological polar surface area (TPSA) is 59.2 Å². The quantitative estimate of drug-likeness (QED) is 0.943. The van der Waals surface area contributed by atoms with E-state index in [0.717, 1.165) is 42.9 Å². The Balaban J connectivity index is 1.79. The molecule has 0 bridgehead atoms. The first kappa shape index (κ1) is 15.6. The summed E-state index contributed by atoms with van der Waals surface area (Å²) in [5.41, 5.74) is 8.05. The molecule has 0 saturated carbocycles. The van der Waals surface area contributed by atoms with Crippen molar-refractivity contribution < 1.29 is 9.18 Å². The lowest BCUT2D eigenvalue weighted by molar-refractivity contribution is -0.119. The van der Waals surface area contributed by atoms with E-state index < -0.39 is 0 Å². The second kappa shape index (κ2) is 6.87. The maximum Gasteiger partial charge on any atom is 0.231 e. The number of hydrogen-bond donors (Lipinski definition) is 1. The number of primary amides is 1. The molecule has 1 aromatic carbocycles. The van der Waals surface area contributed by atoms with Crippen LogP contribution in [0.2, 0.25) is 0 Å². The lowest BCUT2D eigenvalue weighted by atomic mass is 9.94. The summed E-state index contributed by atoms with van der Waals surface area (Å²) in [4.78, 5) is 17.9.